The van der Waals surface area contributed by atoms with Gasteiger partial charge in [-0.1, -0.05) is 80.0 Å². The van der Waals surface area contributed by atoms with E-state index in [1.54, 1.807) is 36.3 Å². The summed E-state index contributed by atoms with van der Waals surface area (Å²) in [6.45, 7) is 4.76. The summed E-state index contributed by atoms with van der Waals surface area (Å²) in [7, 11) is 1.61. The Morgan fingerprint density at radius 3 is 2.24 bits per heavy atom. The zero-order chi connectivity index (χ0) is 26.6. The molecule has 2 amide bonds. The second kappa shape index (κ2) is 14.3. The first kappa shape index (κ1) is 28.1. The number of ether oxygens (including phenoxy) is 2. The number of para-hydroxylation sites is 1. The Morgan fingerprint density at radius 1 is 0.919 bits per heavy atom. The Kier molecular flexibility index (Phi) is 10.8. The molecule has 0 fully saturated rings. The molecule has 0 unspecified atom stereocenters. The van der Waals surface area contributed by atoms with Crippen LogP contribution in [0.25, 0.3) is 0 Å². The van der Waals surface area contributed by atoms with E-state index >= 15 is 0 Å². The van der Waals surface area contributed by atoms with Gasteiger partial charge in [0.1, 0.15) is 17.5 Å². The molecule has 3 aromatic rings. The van der Waals surface area contributed by atoms with E-state index in [1.165, 1.54) is 0 Å². The summed E-state index contributed by atoms with van der Waals surface area (Å²) in [5.74, 6) is 1.09. The average molecular weight is 523 g/mol. The van der Waals surface area contributed by atoms with Crippen molar-refractivity contribution in [1.29, 1.82) is 0 Å². The average Bonchev–Trinajstić information content (AvgIpc) is 2.90. The molecular formula is C30H35ClN2O4. The van der Waals surface area contributed by atoms with Gasteiger partial charge in [0.2, 0.25) is 5.91 Å². The lowest BCUT2D eigenvalue weighted by molar-refractivity contribution is -0.142. The number of halogens is 1. The van der Waals surface area contributed by atoms with Gasteiger partial charge in [-0.15, -0.1) is 0 Å². The summed E-state index contributed by atoms with van der Waals surface area (Å²) in [6.07, 6.45) is 1.23. The van der Waals surface area contributed by atoms with Crippen LogP contribution >= 0.6 is 11.6 Å². The molecule has 1 atom stereocenters. The van der Waals surface area contributed by atoms with E-state index in [-0.39, 0.29) is 25.0 Å². The molecule has 3 aromatic carbocycles. The van der Waals surface area contributed by atoms with Gasteiger partial charge in [0.05, 0.1) is 12.1 Å². The maximum atomic E-state index is 13.6. The highest BCUT2D eigenvalue weighted by Crippen LogP contribution is 2.24. The first-order valence-electron chi connectivity index (χ1n) is 12.5. The highest BCUT2D eigenvalue weighted by molar-refractivity contribution is 6.32. The molecule has 0 radical (unpaired) electrons. The molecule has 0 saturated carbocycles. The first-order chi connectivity index (χ1) is 17.9. The number of methoxy groups -OCH3 is 1. The minimum atomic E-state index is -0.723. The number of carbonyl (C=O) groups is 2. The molecule has 7 heteroatoms. The maximum Gasteiger partial charge on any atom is 0.261 e. The van der Waals surface area contributed by atoms with Crippen molar-refractivity contribution in [2.45, 2.75) is 39.3 Å². The molecule has 0 aromatic heterocycles. The van der Waals surface area contributed by atoms with Crippen LogP contribution in [0.15, 0.2) is 78.9 Å². The first-order valence-corrected chi connectivity index (χ1v) is 12.9. The highest BCUT2D eigenvalue weighted by Gasteiger charge is 2.30. The molecule has 0 spiro atoms. The highest BCUT2D eigenvalue weighted by atomic mass is 35.5. The van der Waals surface area contributed by atoms with Crippen molar-refractivity contribution in [3.05, 3.63) is 95.0 Å². The van der Waals surface area contributed by atoms with Gasteiger partial charge in [-0.05, 0) is 47.7 Å². The number of rotatable bonds is 13. The third-order valence-corrected chi connectivity index (χ3v) is 6.30. The van der Waals surface area contributed by atoms with Crippen molar-refractivity contribution in [2.75, 3.05) is 20.3 Å². The molecule has 0 aliphatic heterocycles. The number of carbonyl (C=O) groups excluding carboxylic acids is 2. The van der Waals surface area contributed by atoms with Crippen molar-refractivity contribution >= 4 is 23.4 Å². The fourth-order valence-electron chi connectivity index (χ4n) is 3.87. The standard InChI is InChI=1S/C30H35ClN2O4/c1-22(2)17-18-32-30(35)27(19-23-9-5-4-6-10-23)33(20-24-13-15-25(36-3)16-14-24)29(34)21-37-28-12-8-7-11-26(28)31/h4-16,22,27H,17-21H2,1-3H3,(H,32,35)/t27-/m0/s1. The predicted molar refractivity (Wildman–Crippen MR) is 147 cm³/mol. The summed E-state index contributed by atoms with van der Waals surface area (Å²) in [6, 6.07) is 23.5. The van der Waals surface area contributed by atoms with Crippen molar-refractivity contribution < 1.29 is 19.1 Å². The van der Waals surface area contributed by atoms with Gasteiger partial charge < -0.3 is 19.7 Å². The Bertz CT molecular complexity index is 1140. The predicted octanol–water partition coefficient (Wildman–Crippen LogP) is 5.53. The normalized spacial score (nSPS) is 11.6. The van der Waals surface area contributed by atoms with Crippen LogP contribution in [0.4, 0.5) is 0 Å². The molecule has 0 bridgehead atoms. The molecule has 0 saturated heterocycles. The third kappa shape index (κ3) is 8.83. The number of hydrogen-bond donors (Lipinski definition) is 1. The topological polar surface area (TPSA) is 67.9 Å². The van der Waals surface area contributed by atoms with Crippen molar-refractivity contribution in [3.63, 3.8) is 0 Å². The lowest BCUT2D eigenvalue weighted by Gasteiger charge is -2.31. The van der Waals surface area contributed by atoms with Gasteiger partial charge in [-0.25, -0.2) is 0 Å². The van der Waals surface area contributed by atoms with E-state index in [0.29, 0.717) is 29.7 Å². The maximum absolute atomic E-state index is 13.6. The summed E-state index contributed by atoms with van der Waals surface area (Å²) >= 11 is 6.22. The van der Waals surface area contributed by atoms with E-state index in [4.69, 9.17) is 21.1 Å². The lowest BCUT2D eigenvalue weighted by atomic mass is 10.0. The number of nitrogens with zero attached hydrogens (tertiary/aromatic N) is 1. The minimum Gasteiger partial charge on any atom is -0.497 e. The molecule has 1 N–H and O–H groups in total. The molecular weight excluding hydrogens is 488 g/mol. The van der Waals surface area contributed by atoms with E-state index < -0.39 is 6.04 Å². The Labute approximate surface area is 224 Å². The van der Waals surface area contributed by atoms with Crippen molar-refractivity contribution in [1.82, 2.24) is 10.2 Å². The number of amides is 2. The molecule has 0 aliphatic carbocycles. The van der Waals surface area contributed by atoms with Crippen molar-refractivity contribution in [3.8, 4) is 11.5 Å². The van der Waals surface area contributed by atoms with Crippen LogP contribution in [0.2, 0.25) is 5.02 Å². The van der Waals surface area contributed by atoms with Crippen LogP contribution in [0, 0.1) is 5.92 Å². The smallest absolute Gasteiger partial charge is 0.261 e. The Balaban J connectivity index is 1.89. The van der Waals surface area contributed by atoms with Gasteiger partial charge >= 0.3 is 0 Å². The van der Waals surface area contributed by atoms with E-state index in [0.717, 1.165) is 23.3 Å². The van der Waals surface area contributed by atoms with E-state index in [1.807, 2.05) is 54.6 Å². The van der Waals surface area contributed by atoms with Gasteiger partial charge in [0, 0.05) is 19.5 Å². The van der Waals surface area contributed by atoms with Gasteiger partial charge in [-0.2, -0.15) is 0 Å². The second-order valence-corrected chi connectivity index (χ2v) is 9.68. The van der Waals surface area contributed by atoms with E-state index in [2.05, 4.69) is 19.2 Å². The van der Waals surface area contributed by atoms with Crippen LogP contribution in [-0.2, 0) is 22.6 Å². The molecule has 196 valence electrons. The lowest BCUT2D eigenvalue weighted by Crippen LogP contribution is -2.52. The van der Waals surface area contributed by atoms with E-state index in [9.17, 15) is 9.59 Å². The zero-order valence-corrected chi connectivity index (χ0v) is 22.4. The third-order valence-electron chi connectivity index (χ3n) is 5.99. The zero-order valence-electron chi connectivity index (χ0n) is 21.7. The quantitative estimate of drug-likeness (QED) is 0.320. The monoisotopic (exact) mass is 522 g/mol. The molecule has 0 heterocycles. The summed E-state index contributed by atoms with van der Waals surface area (Å²) < 4.78 is 11.0. The largest absolute Gasteiger partial charge is 0.497 e. The second-order valence-electron chi connectivity index (χ2n) is 9.27. The number of nitrogens with one attached hydrogen (secondary N) is 1. The number of benzene rings is 3. The van der Waals surface area contributed by atoms with Gasteiger partial charge in [-0.3, -0.25) is 9.59 Å². The van der Waals surface area contributed by atoms with Gasteiger partial charge in [0.15, 0.2) is 6.61 Å². The van der Waals surface area contributed by atoms with Crippen LogP contribution in [-0.4, -0.2) is 43.0 Å². The van der Waals surface area contributed by atoms with Gasteiger partial charge in [0.25, 0.3) is 5.91 Å². The van der Waals surface area contributed by atoms with Crippen LogP contribution in [0.1, 0.15) is 31.4 Å². The molecule has 3 rings (SSSR count). The SMILES string of the molecule is COc1ccc(CN(C(=O)COc2ccccc2Cl)[C@@H](Cc2ccccc2)C(=O)NCCC(C)C)cc1. The Hall–Kier alpha value is -3.51. The minimum absolute atomic E-state index is 0.191. The fraction of sp³-hybridized carbons (Fsp3) is 0.333. The van der Waals surface area contributed by atoms with Crippen LogP contribution in [0.5, 0.6) is 11.5 Å². The van der Waals surface area contributed by atoms with Crippen LogP contribution in [0.3, 0.4) is 0 Å². The number of hydrogen-bond acceptors (Lipinski definition) is 4. The van der Waals surface area contributed by atoms with Crippen molar-refractivity contribution in [2.24, 2.45) is 5.92 Å². The fourth-order valence-corrected chi connectivity index (χ4v) is 4.06. The molecule has 6 nitrogen and oxygen atoms in total. The Morgan fingerprint density at radius 2 is 1.59 bits per heavy atom. The molecule has 0 aliphatic rings. The summed E-state index contributed by atoms with van der Waals surface area (Å²) in [4.78, 5) is 28.7. The summed E-state index contributed by atoms with van der Waals surface area (Å²) in [5, 5.41) is 3.46. The molecule has 37 heavy (non-hydrogen) atoms. The van der Waals surface area contributed by atoms with Crippen LogP contribution < -0.4 is 14.8 Å². The summed E-state index contributed by atoms with van der Waals surface area (Å²) in [5.41, 5.74) is 1.84.